The molecule has 1 aliphatic carbocycles. The fraction of sp³-hybridized carbons (Fsp3) is 0.556. The number of rotatable bonds is 6. The highest BCUT2D eigenvalue weighted by Crippen LogP contribution is 2.32. The van der Waals surface area contributed by atoms with Gasteiger partial charge in [0.25, 0.3) is 0 Å². The van der Waals surface area contributed by atoms with Crippen molar-refractivity contribution in [1.29, 1.82) is 0 Å². The topological polar surface area (TPSA) is 51.2 Å². The third-order valence-electron chi connectivity index (χ3n) is 4.44. The van der Waals surface area contributed by atoms with Gasteiger partial charge in [0.1, 0.15) is 5.75 Å². The number of hydrogen-bond acceptors (Lipinski definition) is 5. The highest BCUT2D eigenvalue weighted by atomic mass is 32.2. The molecule has 0 spiro atoms. The van der Waals surface area contributed by atoms with E-state index >= 15 is 0 Å². The number of carbonyl (C=O) groups is 1. The standard InChI is InChI=1S/C18H24N2O2S2/c1-3-22-13-8-9-15-16(10-13)24-18(20-15)23-11-17(21)19-14-7-5-4-6-12(14)2/h8-10,12,14H,3-7,11H2,1-2H3,(H,19,21)/t12-,14+/m1/s1. The summed E-state index contributed by atoms with van der Waals surface area (Å²) in [5.74, 6) is 2.01. The summed E-state index contributed by atoms with van der Waals surface area (Å²) < 4.78 is 7.56. The molecule has 0 bridgehead atoms. The van der Waals surface area contributed by atoms with E-state index in [1.807, 2.05) is 25.1 Å². The Bertz CT molecular complexity index is 701. The summed E-state index contributed by atoms with van der Waals surface area (Å²) >= 11 is 3.14. The lowest BCUT2D eigenvalue weighted by atomic mass is 9.86. The van der Waals surface area contributed by atoms with Crippen LogP contribution in [0.25, 0.3) is 10.2 Å². The molecule has 0 radical (unpaired) electrons. The number of aromatic nitrogens is 1. The van der Waals surface area contributed by atoms with Crippen LogP contribution in [0.3, 0.4) is 0 Å². The van der Waals surface area contributed by atoms with Crippen LogP contribution in [0, 0.1) is 5.92 Å². The van der Waals surface area contributed by atoms with Gasteiger partial charge < -0.3 is 10.1 Å². The molecule has 0 saturated heterocycles. The van der Waals surface area contributed by atoms with Gasteiger partial charge in [0.05, 0.1) is 22.6 Å². The van der Waals surface area contributed by atoms with E-state index in [2.05, 4.69) is 17.2 Å². The van der Waals surface area contributed by atoms with Gasteiger partial charge in [-0.1, -0.05) is 31.5 Å². The van der Waals surface area contributed by atoms with Gasteiger partial charge in [-0.15, -0.1) is 11.3 Å². The lowest BCUT2D eigenvalue weighted by Gasteiger charge is -2.29. The molecule has 2 atom stereocenters. The number of thiazole rings is 1. The van der Waals surface area contributed by atoms with E-state index in [1.165, 1.54) is 31.0 Å². The molecule has 2 aromatic rings. The highest BCUT2D eigenvalue weighted by molar-refractivity contribution is 8.01. The number of fused-ring (bicyclic) bond motifs is 1. The van der Waals surface area contributed by atoms with E-state index in [0.717, 1.165) is 26.7 Å². The van der Waals surface area contributed by atoms with Gasteiger partial charge in [-0.3, -0.25) is 4.79 Å². The Morgan fingerprint density at radius 1 is 1.42 bits per heavy atom. The first-order valence-electron chi connectivity index (χ1n) is 8.61. The Balaban J connectivity index is 1.55. The van der Waals surface area contributed by atoms with E-state index in [9.17, 15) is 4.79 Å². The lowest BCUT2D eigenvalue weighted by Crippen LogP contribution is -2.41. The lowest BCUT2D eigenvalue weighted by molar-refractivity contribution is -0.119. The Morgan fingerprint density at radius 3 is 3.04 bits per heavy atom. The zero-order chi connectivity index (χ0) is 16.9. The van der Waals surface area contributed by atoms with Crippen molar-refractivity contribution in [3.8, 4) is 5.75 Å². The number of hydrogen-bond donors (Lipinski definition) is 1. The van der Waals surface area contributed by atoms with Crippen LogP contribution in [0.4, 0.5) is 0 Å². The molecule has 6 heteroatoms. The first kappa shape index (κ1) is 17.5. The summed E-state index contributed by atoms with van der Waals surface area (Å²) in [4.78, 5) is 16.8. The molecule has 130 valence electrons. The largest absolute Gasteiger partial charge is 0.494 e. The van der Waals surface area contributed by atoms with Crippen LogP contribution in [0.2, 0.25) is 0 Å². The maximum atomic E-state index is 12.2. The fourth-order valence-corrected chi connectivity index (χ4v) is 5.02. The first-order chi connectivity index (χ1) is 11.7. The van der Waals surface area contributed by atoms with E-state index < -0.39 is 0 Å². The van der Waals surface area contributed by atoms with Crippen LogP contribution in [-0.4, -0.2) is 29.3 Å². The van der Waals surface area contributed by atoms with Crippen LogP contribution in [-0.2, 0) is 4.79 Å². The average Bonchev–Trinajstić information content (AvgIpc) is 2.98. The van der Waals surface area contributed by atoms with E-state index in [1.54, 1.807) is 11.3 Å². The molecular weight excluding hydrogens is 340 g/mol. The van der Waals surface area contributed by atoms with Gasteiger partial charge in [0.2, 0.25) is 5.91 Å². The molecule has 0 aliphatic heterocycles. The minimum absolute atomic E-state index is 0.119. The van der Waals surface area contributed by atoms with E-state index in [0.29, 0.717) is 24.3 Å². The molecular formula is C18H24N2O2S2. The van der Waals surface area contributed by atoms with Gasteiger partial charge in [0, 0.05) is 6.04 Å². The number of nitrogens with zero attached hydrogens (tertiary/aromatic N) is 1. The smallest absolute Gasteiger partial charge is 0.230 e. The molecule has 1 fully saturated rings. The molecule has 1 amide bonds. The monoisotopic (exact) mass is 364 g/mol. The van der Waals surface area contributed by atoms with Crippen LogP contribution in [0.5, 0.6) is 5.75 Å². The minimum atomic E-state index is 0.119. The molecule has 1 aromatic heterocycles. The van der Waals surface area contributed by atoms with Crippen LogP contribution < -0.4 is 10.1 Å². The third-order valence-corrected chi connectivity index (χ3v) is 6.60. The molecule has 1 heterocycles. The summed E-state index contributed by atoms with van der Waals surface area (Å²) in [6.45, 7) is 4.87. The Hall–Kier alpha value is -1.27. The van der Waals surface area contributed by atoms with Crippen LogP contribution in [0.15, 0.2) is 22.5 Å². The normalized spacial score (nSPS) is 20.9. The summed E-state index contributed by atoms with van der Waals surface area (Å²) in [6.07, 6.45) is 4.84. The zero-order valence-corrected chi connectivity index (χ0v) is 15.8. The van der Waals surface area contributed by atoms with Crippen LogP contribution in [0.1, 0.15) is 39.5 Å². The molecule has 1 aromatic carbocycles. The Morgan fingerprint density at radius 2 is 2.25 bits per heavy atom. The predicted molar refractivity (Wildman–Crippen MR) is 101 cm³/mol. The van der Waals surface area contributed by atoms with Gasteiger partial charge >= 0.3 is 0 Å². The number of amides is 1. The van der Waals surface area contributed by atoms with Crippen molar-refractivity contribution in [3.63, 3.8) is 0 Å². The SMILES string of the molecule is CCOc1ccc2nc(SCC(=O)N[C@H]3CCCC[C@H]3C)sc2c1. The number of ether oxygens (including phenoxy) is 1. The molecule has 3 rings (SSSR count). The second-order valence-electron chi connectivity index (χ2n) is 6.27. The Labute approximate surface area is 151 Å². The molecule has 24 heavy (non-hydrogen) atoms. The van der Waals surface area contributed by atoms with Crippen molar-refractivity contribution in [3.05, 3.63) is 18.2 Å². The number of benzene rings is 1. The molecule has 1 N–H and O–H groups in total. The summed E-state index contributed by atoms with van der Waals surface area (Å²) in [7, 11) is 0. The summed E-state index contributed by atoms with van der Waals surface area (Å²) in [5.41, 5.74) is 0.965. The van der Waals surface area contributed by atoms with E-state index in [4.69, 9.17) is 4.74 Å². The zero-order valence-electron chi connectivity index (χ0n) is 14.2. The molecule has 0 unspecified atom stereocenters. The maximum absolute atomic E-state index is 12.2. The number of carbonyl (C=O) groups excluding carboxylic acids is 1. The van der Waals surface area contributed by atoms with E-state index in [-0.39, 0.29) is 5.91 Å². The maximum Gasteiger partial charge on any atom is 0.230 e. The Kier molecular flexibility index (Phi) is 6.00. The van der Waals surface area contributed by atoms with Crippen molar-refractivity contribution >= 4 is 39.2 Å². The van der Waals surface area contributed by atoms with Crippen molar-refractivity contribution < 1.29 is 9.53 Å². The van der Waals surface area contributed by atoms with Crippen molar-refractivity contribution in [2.45, 2.75) is 49.9 Å². The fourth-order valence-electron chi connectivity index (χ4n) is 3.11. The van der Waals surface area contributed by atoms with Gasteiger partial charge in [0.15, 0.2) is 4.34 Å². The van der Waals surface area contributed by atoms with Crippen LogP contribution >= 0.6 is 23.1 Å². The minimum Gasteiger partial charge on any atom is -0.494 e. The molecule has 1 aliphatic rings. The quantitative estimate of drug-likeness (QED) is 0.768. The third kappa shape index (κ3) is 4.42. The predicted octanol–water partition coefficient (Wildman–Crippen LogP) is 4.48. The van der Waals surface area contributed by atoms with Crippen molar-refractivity contribution in [1.82, 2.24) is 10.3 Å². The molecule has 1 saturated carbocycles. The number of nitrogens with one attached hydrogen (secondary N) is 1. The first-order valence-corrected chi connectivity index (χ1v) is 10.4. The van der Waals surface area contributed by atoms with Gasteiger partial charge in [-0.2, -0.15) is 0 Å². The molecule has 4 nitrogen and oxygen atoms in total. The second kappa shape index (κ2) is 8.21. The summed E-state index contributed by atoms with van der Waals surface area (Å²) in [6, 6.07) is 6.28. The average molecular weight is 365 g/mol. The second-order valence-corrected chi connectivity index (χ2v) is 8.52. The van der Waals surface area contributed by atoms with Gasteiger partial charge in [-0.05, 0) is 43.9 Å². The number of thioether (sulfide) groups is 1. The van der Waals surface area contributed by atoms with Gasteiger partial charge in [-0.25, -0.2) is 4.98 Å². The van der Waals surface area contributed by atoms with Crippen molar-refractivity contribution in [2.24, 2.45) is 5.92 Å². The van der Waals surface area contributed by atoms with Crippen molar-refractivity contribution in [2.75, 3.05) is 12.4 Å². The highest BCUT2D eigenvalue weighted by Gasteiger charge is 2.22. The summed E-state index contributed by atoms with van der Waals surface area (Å²) in [5, 5.41) is 3.20.